The third kappa shape index (κ3) is 3.70. The minimum absolute atomic E-state index is 0.643. The summed E-state index contributed by atoms with van der Waals surface area (Å²) in [5, 5.41) is 11.6. The first-order chi connectivity index (χ1) is 8.72. The lowest BCUT2D eigenvalue weighted by Gasteiger charge is -2.21. The molecule has 102 valence electrons. The van der Waals surface area contributed by atoms with Gasteiger partial charge in [0.15, 0.2) is 0 Å². The lowest BCUT2D eigenvalue weighted by atomic mass is 10.1. The summed E-state index contributed by atoms with van der Waals surface area (Å²) in [5.41, 5.74) is 0. The van der Waals surface area contributed by atoms with E-state index >= 15 is 0 Å². The van der Waals surface area contributed by atoms with Crippen LogP contribution in [0.3, 0.4) is 0 Å². The Morgan fingerprint density at radius 1 is 1.39 bits per heavy atom. The van der Waals surface area contributed by atoms with Gasteiger partial charge in [-0.1, -0.05) is 25.4 Å². The van der Waals surface area contributed by atoms with Crippen LogP contribution in [0.25, 0.3) is 0 Å². The summed E-state index contributed by atoms with van der Waals surface area (Å²) in [7, 11) is 0. The highest BCUT2D eigenvalue weighted by molar-refractivity contribution is 5.23. The van der Waals surface area contributed by atoms with Crippen LogP contribution in [0.15, 0.2) is 4.42 Å². The molecule has 1 heterocycles. The molecule has 0 saturated heterocycles. The zero-order chi connectivity index (χ0) is 13.0. The molecule has 1 aromatic rings. The molecule has 1 atom stereocenters. The monoisotopic (exact) mass is 252 g/mol. The molecular formula is C13H24N4O. The topological polar surface area (TPSA) is 54.2 Å². The van der Waals surface area contributed by atoms with Crippen LogP contribution in [0, 0.1) is 5.92 Å². The van der Waals surface area contributed by atoms with Gasteiger partial charge in [0.05, 0.1) is 6.54 Å². The lowest BCUT2D eigenvalue weighted by Crippen LogP contribution is -2.28. The number of nitrogens with one attached hydrogen (secondary N) is 1. The Bertz CT molecular complexity index is 362. The molecule has 1 unspecified atom stereocenters. The SMILES string of the molecule is CCC(C)CN(CC)c1nnc(CNC2CC2)o1. The van der Waals surface area contributed by atoms with Gasteiger partial charge < -0.3 is 14.6 Å². The molecule has 0 spiro atoms. The fraction of sp³-hybridized carbons (Fsp3) is 0.846. The number of rotatable bonds is 8. The Balaban J connectivity index is 1.88. The second kappa shape index (κ2) is 6.18. The summed E-state index contributed by atoms with van der Waals surface area (Å²) in [6.07, 6.45) is 3.72. The number of hydrogen-bond donors (Lipinski definition) is 1. The van der Waals surface area contributed by atoms with E-state index in [0.717, 1.165) is 13.1 Å². The van der Waals surface area contributed by atoms with Crippen LogP contribution in [0.1, 0.15) is 45.9 Å². The molecule has 0 radical (unpaired) electrons. The van der Waals surface area contributed by atoms with E-state index in [1.807, 2.05) is 0 Å². The predicted octanol–water partition coefficient (Wildman–Crippen LogP) is 2.19. The molecule has 5 nitrogen and oxygen atoms in total. The quantitative estimate of drug-likeness (QED) is 0.768. The summed E-state index contributed by atoms with van der Waals surface area (Å²) in [6, 6.07) is 1.33. The summed E-state index contributed by atoms with van der Waals surface area (Å²) in [6.45, 7) is 9.14. The number of nitrogens with zero attached hydrogens (tertiary/aromatic N) is 3. The van der Waals surface area contributed by atoms with Crippen LogP contribution in [0.4, 0.5) is 6.01 Å². The summed E-state index contributed by atoms with van der Waals surface area (Å²) in [5.74, 6) is 1.34. The predicted molar refractivity (Wildman–Crippen MR) is 71.5 cm³/mol. The van der Waals surface area contributed by atoms with Gasteiger partial charge in [0.25, 0.3) is 0 Å². The van der Waals surface area contributed by atoms with E-state index in [0.29, 0.717) is 30.4 Å². The summed E-state index contributed by atoms with van der Waals surface area (Å²) < 4.78 is 5.70. The smallest absolute Gasteiger partial charge is 0.318 e. The van der Waals surface area contributed by atoms with Crippen LogP contribution >= 0.6 is 0 Å². The van der Waals surface area contributed by atoms with Crippen molar-refractivity contribution in [3.05, 3.63) is 5.89 Å². The van der Waals surface area contributed by atoms with E-state index < -0.39 is 0 Å². The molecule has 0 bridgehead atoms. The largest absolute Gasteiger partial charge is 0.407 e. The van der Waals surface area contributed by atoms with Gasteiger partial charge in [-0.15, -0.1) is 5.10 Å². The molecular weight excluding hydrogens is 228 g/mol. The van der Waals surface area contributed by atoms with Crippen molar-refractivity contribution in [2.45, 2.75) is 52.6 Å². The van der Waals surface area contributed by atoms with Gasteiger partial charge in [-0.2, -0.15) is 0 Å². The fourth-order valence-corrected chi connectivity index (χ4v) is 1.81. The van der Waals surface area contributed by atoms with Crippen molar-refractivity contribution in [3.8, 4) is 0 Å². The van der Waals surface area contributed by atoms with E-state index in [1.54, 1.807) is 0 Å². The van der Waals surface area contributed by atoms with E-state index in [9.17, 15) is 0 Å². The normalized spacial score (nSPS) is 16.8. The highest BCUT2D eigenvalue weighted by atomic mass is 16.4. The molecule has 5 heteroatoms. The first-order valence-electron chi connectivity index (χ1n) is 7.03. The van der Waals surface area contributed by atoms with Crippen LogP contribution < -0.4 is 10.2 Å². The zero-order valence-electron chi connectivity index (χ0n) is 11.6. The van der Waals surface area contributed by atoms with Gasteiger partial charge in [-0.3, -0.25) is 0 Å². The van der Waals surface area contributed by atoms with Gasteiger partial charge in [-0.25, -0.2) is 0 Å². The number of aromatic nitrogens is 2. The van der Waals surface area contributed by atoms with Crippen molar-refractivity contribution in [2.24, 2.45) is 5.92 Å². The highest BCUT2D eigenvalue weighted by Gasteiger charge is 2.21. The van der Waals surface area contributed by atoms with Crippen molar-refractivity contribution in [3.63, 3.8) is 0 Å². The average molecular weight is 252 g/mol. The Kier molecular flexibility index (Phi) is 4.58. The first-order valence-corrected chi connectivity index (χ1v) is 7.03. The molecule has 1 aromatic heterocycles. The van der Waals surface area contributed by atoms with Gasteiger partial charge in [0.2, 0.25) is 5.89 Å². The van der Waals surface area contributed by atoms with E-state index in [2.05, 4.69) is 41.2 Å². The first kappa shape index (κ1) is 13.3. The second-order valence-corrected chi connectivity index (χ2v) is 5.19. The zero-order valence-corrected chi connectivity index (χ0v) is 11.6. The van der Waals surface area contributed by atoms with Crippen molar-refractivity contribution in [2.75, 3.05) is 18.0 Å². The molecule has 1 fully saturated rings. The number of anilines is 1. The van der Waals surface area contributed by atoms with Crippen molar-refractivity contribution < 1.29 is 4.42 Å². The maximum atomic E-state index is 5.70. The lowest BCUT2D eigenvalue weighted by molar-refractivity contribution is 0.446. The average Bonchev–Trinajstić information content (AvgIpc) is 3.11. The standard InChI is InChI=1S/C13H24N4O/c1-4-10(3)9-17(5-2)13-16-15-12(18-13)8-14-11-6-7-11/h10-11,14H,4-9H2,1-3H3. The second-order valence-electron chi connectivity index (χ2n) is 5.19. The molecule has 1 N–H and O–H groups in total. The molecule has 0 aliphatic heterocycles. The Morgan fingerprint density at radius 2 is 2.17 bits per heavy atom. The minimum Gasteiger partial charge on any atom is -0.407 e. The molecule has 18 heavy (non-hydrogen) atoms. The fourth-order valence-electron chi connectivity index (χ4n) is 1.81. The Labute approximate surface area is 109 Å². The molecule has 1 saturated carbocycles. The van der Waals surface area contributed by atoms with E-state index in [-0.39, 0.29) is 0 Å². The van der Waals surface area contributed by atoms with Gasteiger partial charge in [-0.05, 0) is 25.7 Å². The van der Waals surface area contributed by atoms with Gasteiger partial charge in [0, 0.05) is 19.1 Å². The summed E-state index contributed by atoms with van der Waals surface area (Å²) in [4.78, 5) is 2.15. The molecule has 0 amide bonds. The molecule has 1 aliphatic carbocycles. The van der Waals surface area contributed by atoms with Crippen LogP contribution in [-0.2, 0) is 6.54 Å². The van der Waals surface area contributed by atoms with Crippen LogP contribution in [-0.4, -0.2) is 29.3 Å². The molecule has 2 rings (SSSR count). The third-order valence-electron chi connectivity index (χ3n) is 3.46. The van der Waals surface area contributed by atoms with E-state index in [4.69, 9.17) is 4.42 Å². The number of hydrogen-bond acceptors (Lipinski definition) is 5. The van der Waals surface area contributed by atoms with Crippen molar-refractivity contribution >= 4 is 6.01 Å². The van der Waals surface area contributed by atoms with E-state index in [1.165, 1.54) is 19.3 Å². The Morgan fingerprint density at radius 3 is 2.78 bits per heavy atom. The highest BCUT2D eigenvalue weighted by Crippen LogP contribution is 2.20. The van der Waals surface area contributed by atoms with Crippen LogP contribution in [0.2, 0.25) is 0 Å². The summed E-state index contributed by atoms with van der Waals surface area (Å²) >= 11 is 0. The maximum absolute atomic E-state index is 5.70. The Hall–Kier alpha value is -1.10. The van der Waals surface area contributed by atoms with Gasteiger partial charge in [0.1, 0.15) is 0 Å². The molecule has 0 aromatic carbocycles. The minimum atomic E-state index is 0.643. The maximum Gasteiger partial charge on any atom is 0.318 e. The van der Waals surface area contributed by atoms with Crippen molar-refractivity contribution in [1.82, 2.24) is 15.5 Å². The third-order valence-corrected chi connectivity index (χ3v) is 3.46. The molecule has 1 aliphatic rings. The van der Waals surface area contributed by atoms with Crippen molar-refractivity contribution in [1.29, 1.82) is 0 Å². The van der Waals surface area contributed by atoms with Crippen LogP contribution in [0.5, 0.6) is 0 Å². The van der Waals surface area contributed by atoms with Gasteiger partial charge >= 0.3 is 6.01 Å².